The lowest BCUT2D eigenvalue weighted by Gasteiger charge is -2.07. The predicted molar refractivity (Wildman–Crippen MR) is 85.3 cm³/mol. The minimum atomic E-state index is -0.413. The van der Waals surface area contributed by atoms with Crippen molar-refractivity contribution in [3.63, 3.8) is 0 Å². The van der Waals surface area contributed by atoms with Crippen LogP contribution in [0.25, 0.3) is 15.9 Å². The standard InChI is InChI=1S/C16H12FN5O2/c1-18-12-8-22(14-13(12)20-9-21-16(14)24)7-6-19-15(23)10-2-4-11(17)5-3-10/h2-5,8-9H,6-7H2,(H,19,23)(H,20,21,24). The van der Waals surface area contributed by atoms with Gasteiger partial charge in [-0.05, 0) is 24.3 Å². The summed E-state index contributed by atoms with van der Waals surface area (Å²) in [7, 11) is 0. The highest BCUT2D eigenvalue weighted by Crippen LogP contribution is 2.23. The second kappa shape index (κ2) is 6.34. The van der Waals surface area contributed by atoms with Crippen LogP contribution in [0.1, 0.15) is 10.4 Å². The van der Waals surface area contributed by atoms with Gasteiger partial charge in [0.25, 0.3) is 11.5 Å². The van der Waals surface area contributed by atoms with Crippen molar-refractivity contribution in [1.29, 1.82) is 0 Å². The Morgan fingerprint density at radius 2 is 2.12 bits per heavy atom. The zero-order valence-electron chi connectivity index (χ0n) is 12.4. The summed E-state index contributed by atoms with van der Waals surface area (Å²) in [5, 5.41) is 2.69. The van der Waals surface area contributed by atoms with Crippen LogP contribution in [0.4, 0.5) is 10.1 Å². The predicted octanol–water partition coefficient (Wildman–Crippen LogP) is 1.84. The number of nitrogens with one attached hydrogen (secondary N) is 2. The van der Waals surface area contributed by atoms with Crippen molar-refractivity contribution in [2.24, 2.45) is 0 Å². The third-order valence-electron chi connectivity index (χ3n) is 3.50. The fourth-order valence-corrected chi connectivity index (χ4v) is 2.37. The van der Waals surface area contributed by atoms with Gasteiger partial charge in [-0.3, -0.25) is 9.59 Å². The van der Waals surface area contributed by atoms with Gasteiger partial charge in [-0.25, -0.2) is 14.2 Å². The van der Waals surface area contributed by atoms with Crippen LogP contribution in [0.15, 0.2) is 41.6 Å². The van der Waals surface area contributed by atoms with Crippen LogP contribution in [0.2, 0.25) is 0 Å². The Labute approximate surface area is 135 Å². The molecular weight excluding hydrogens is 313 g/mol. The SMILES string of the molecule is [C-]#[N+]c1cn(CCNC(=O)c2ccc(F)cc2)c2c(=O)[nH]cnc12. The molecule has 7 nitrogen and oxygen atoms in total. The van der Waals surface area contributed by atoms with E-state index in [1.54, 1.807) is 4.57 Å². The first kappa shape index (κ1) is 15.4. The summed E-state index contributed by atoms with van der Waals surface area (Å²) in [6, 6.07) is 5.20. The van der Waals surface area contributed by atoms with E-state index in [1.807, 2.05) is 0 Å². The van der Waals surface area contributed by atoms with Crippen LogP contribution in [0.5, 0.6) is 0 Å². The van der Waals surface area contributed by atoms with Crippen molar-refractivity contribution in [1.82, 2.24) is 19.9 Å². The van der Waals surface area contributed by atoms with Gasteiger partial charge in [-0.15, -0.1) is 0 Å². The van der Waals surface area contributed by atoms with Gasteiger partial charge in [0.1, 0.15) is 16.9 Å². The first-order valence-electron chi connectivity index (χ1n) is 7.08. The zero-order chi connectivity index (χ0) is 17.1. The van der Waals surface area contributed by atoms with Crippen molar-refractivity contribution in [2.45, 2.75) is 6.54 Å². The first-order valence-corrected chi connectivity index (χ1v) is 7.08. The van der Waals surface area contributed by atoms with Crippen LogP contribution < -0.4 is 10.9 Å². The monoisotopic (exact) mass is 325 g/mol. The molecule has 0 unspecified atom stereocenters. The number of H-pyrrole nitrogens is 1. The first-order chi connectivity index (χ1) is 11.6. The van der Waals surface area contributed by atoms with Crippen LogP contribution in [-0.4, -0.2) is 27.0 Å². The Morgan fingerprint density at radius 1 is 1.38 bits per heavy atom. The maximum atomic E-state index is 12.8. The average Bonchev–Trinajstić information content (AvgIpc) is 2.95. The molecule has 0 atom stereocenters. The summed E-state index contributed by atoms with van der Waals surface area (Å²) >= 11 is 0. The molecule has 0 fully saturated rings. The number of aromatic amines is 1. The topological polar surface area (TPSA) is 84.1 Å². The Kier molecular flexibility index (Phi) is 4.07. The lowest BCUT2D eigenvalue weighted by atomic mass is 10.2. The number of carbonyl (C=O) groups is 1. The summed E-state index contributed by atoms with van der Waals surface area (Å²) in [6.45, 7) is 7.68. The average molecular weight is 325 g/mol. The van der Waals surface area contributed by atoms with Crippen molar-refractivity contribution < 1.29 is 9.18 Å². The largest absolute Gasteiger partial charge is 0.351 e. The molecule has 1 amide bonds. The van der Waals surface area contributed by atoms with E-state index >= 15 is 0 Å². The molecule has 8 heteroatoms. The molecule has 0 aliphatic heterocycles. The molecule has 0 saturated heterocycles. The molecule has 2 aromatic heterocycles. The van der Waals surface area contributed by atoms with Crippen molar-refractivity contribution in [3.05, 3.63) is 69.9 Å². The molecule has 0 saturated carbocycles. The third kappa shape index (κ3) is 2.87. The molecule has 2 N–H and O–H groups in total. The van der Waals surface area contributed by atoms with Gasteiger partial charge in [-0.2, -0.15) is 0 Å². The van der Waals surface area contributed by atoms with Crippen molar-refractivity contribution in [2.75, 3.05) is 6.54 Å². The fourth-order valence-electron chi connectivity index (χ4n) is 2.37. The summed E-state index contributed by atoms with van der Waals surface area (Å²) in [4.78, 5) is 33.7. The number of fused-ring (bicyclic) bond motifs is 1. The summed E-state index contributed by atoms with van der Waals surface area (Å²) < 4.78 is 14.4. The summed E-state index contributed by atoms with van der Waals surface area (Å²) in [6.07, 6.45) is 2.78. The number of hydrogen-bond donors (Lipinski definition) is 2. The van der Waals surface area contributed by atoms with E-state index in [4.69, 9.17) is 6.57 Å². The van der Waals surface area contributed by atoms with E-state index in [-0.39, 0.29) is 23.7 Å². The lowest BCUT2D eigenvalue weighted by Crippen LogP contribution is -2.27. The molecule has 3 aromatic rings. The molecule has 1 aromatic carbocycles. The van der Waals surface area contributed by atoms with Gasteiger partial charge in [0.05, 0.1) is 12.9 Å². The van der Waals surface area contributed by atoms with Crippen molar-refractivity contribution in [3.8, 4) is 0 Å². The second-order valence-corrected chi connectivity index (χ2v) is 5.01. The van der Waals surface area contributed by atoms with Crippen LogP contribution in [0, 0.1) is 12.4 Å². The molecule has 120 valence electrons. The molecule has 0 bridgehead atoms. The molecule has 0 radical (unpaired) electrons. The van der Waals surface area contributed by atoms with Gasteiger partial charge in [-0.1, -0.05) is 0 Å². The van der Waals surface area contributed by atoms with E-state index in [0.29, 0.717) is 23.1 Å². The van der Waals surface area contributed by atoms with Crippen molar-refractivity contribution >= 4 is 22.6 Å². The maximum absolute atomic E-state index is 12.8. The number of carbonyl (C=O) groups excluding carboxylic acids is 1. The van der Waals surface area contributed by atoms with Gasteiger partial charge in [0.2, 0.25) is 5.69 Å². The van der Waals surface area contributed by atoms with E-state index in [9.17, 15) is 14.0 Å². The minimum absolute atomic E-state index is 0.242. The van der Waals surface area contributed by atoms with Gasteiger partial charge >= 0.3 is 0 Å². The van der Waals surface area contributed by atoms with Crippen LogP contribution in [-0.2, 0) is 6.54 Å². The second-order valence-electron chi connectivity index (χ2n) is 5.01. The van der Waals surface area contributed by atoms with Gasteiger partial charge in [0.15, 0.2) is 0 Å². The number of nitrogens with zero attached hydrogens (tertiary/aromatic N) is 3. The maximum Gasteiger partial charge on any atom is 0.273 e. The molecule has 0 spiro atoms. The van der Waals surface area contributed by atoms with E-state index in [1.165, 1.54) is 36.8 Å². The highest BCUT2D eigenvalue weighted by Gasteiger charge is 2.13. The quantitative estimate of drug-likeness (QED) is 0.718. The normalized spacial score (nSPS) is 10.5. The minimum Gasteiger partial charge on any atom is -0.351 e. The number of aromatic nitrogens is 3. The third-order valence-corrected chi connectivity index (χ3v) is 3.50. The molecule has 0 aliphatic carbocycles. The van der Waals surface area contributed by atoms with Crippen LogP contribution >= 0.6 is 0 Å². The zero-order valence-corrected chi connectivity index (χ0v) is 12.4. The summed E-state index contributed by atoms with van der Waals surface area (Å²) in [5.74, 6) is -0.757. The van der Waals surface area contributed by atoms with Gasteiger partial charge in [0, 0.05) is 24.8 Å². The number of hydrogen-bond acceptors (Lipinski definition) is 3. The number of benzene rings is 1. The number of halogens is 1. The van der Waals surface area contributed by atoms with E-state index in [0.717, 1.165) is 0 Å². The number of rotatable bonds is 4. The molecule has 3 rings (SSSR count). The highest BCUT2D eigenvalue weighted by atomic mass is 19.1. The Hall–Kier alpha value is -3.47. The smallest absolute Gasteiger partial charge is 0.273 e. The molecular formula is C16H12FN5O2. The Bertz CT molecular complexity index is 998. The fraction of sp³-hybridized carbons (Fsp3) is 0.125. The number of amides is 1. The summed E-state index contributed by atoms with van der Waals surface area (Å²) in [5.41, 5.74) is 0.897. The lowest BCUT2D eigenvalue weighted by molar-refractivity contribution is 0.0952. The van der Waals surface area contributed by atoms with Gasteiger partial charge < -0.3 is 14.9 Å². The van der Waals surface area contributed by atoms with E-state index in [2.05, 4.69) is 20.1 Å². The Balaban J connectivity index is 1.75. The highest BCUT2D eigenvalue weighted by molar-refractivity contribution is 5.94. The Morgan fingerprint density at radius 3 is 2.83 bits per heavy atom. The molecule has 2 heterocycles. The molecule has 24 heavy (non-hydrogen) atoms. The molecule has 0 aliphatic rings. The van der Waals surface area contributed by atoms with Crippen LogP contribution in [0.3, 0.4) is 0 Å². The van der Waals surface area contributed by atoms with E-state index < -0.39 is 5.82 Å².